The Balaban J connectivity index is 1.51. The number of hydrogen-bond donors (Lipinski definition) is 2. The van der Waals surface area contributed by atoms with Gasteiger partial charge >= 0.3 is 0 Å². The van der Waals surface area contributed by atoms with Crippen LogP contribution < -0.4 is 10.6 Å². The lowest BCUT2D eigenvalue weighted by atomic mass is 10.0. The molecule has 0 aromatic heterocycles. The number of hydrogen-bond acceptors (Lipinski definition) is 2. The molecule has 0 aliphatic rings. The van der Waals surface area contributed by atoms with E-state index in [4.69, 9.17) is 0 Å². The average molecular weight is 360 g/mol. The summed E-state index contributed by atoms with van der Waals surface area (Å²) in [5.74, 6) is -0.399. The summed E-state index contributed by atoms with van der Waals surface area (Å²) >= 11 is 0. The standard InChI is InChI=1S/C23H24N2O2/c1-2-6-17-11-13-20(14-12-17)25-23(27)16-24-22(26)15-19-9-5-8-18-7-3-4-10-21(18)19/h3-5,7-14H,2,6,15-16H2,1H3,(H,24,26)(H,25,27). The van der Waals surface area contributed by atoms with Crippen LogP contribution in [0.25, 0.3) is 10.8 Å². The summed E-state index contributed by atoms with van der Waals surface area (Å²) in [6, 6.07) is 21.7. The van der Waals surface area contributed by atoms with Crippen molar-refractivity contribution in [2.24, 2.45) is 0 Å². The molecule has 0 saturated carbocycles. The molecule has 0 unspecified atom stereocenters. The molecule has 0 saturated heterocycles. The molecule has 4 heteroatoms. The second-order valence-corrected chi connectivity index (χ2v) is 6.59. The molecule has 4 nitrogen and oxygen atoms in total. The lowest BCUT2D eigenvalue weighted by molar-refractivity contribution is -0.123. The number of aryl methyl sites for hydroxylation is 1. The number of benzene rings is 3. The van der Waals surface area contributed by atoms with Gasteiger partial charge in [0.05, 0.1) is 13.0 Å². The van der Waals surface area contributed by atoms with E-state index >= 15 is 0 Å². The van der Waals surface area contributed by atoms with Gasteiger partial charge in [-0.1, -0.05) is 67.9 Å². The Hall–Kier alpha value is -3.14. The van der Waals surface area contributed by atoms with Gasteiger partial charge in [0.25, 0.3) is 0 Å². The van der Waals surface area contributed by atoms with Gasteiger partial charge in [0.15, 0.2) is 0 Å². The predicted molar refractivity (Wildman–Crippen MR) is 110 cm³/mol. The third kappa shape index (κ3) is 5.17. The monoisotopic (exact) mass is 360 g/mol. The maximum Gasteiger partial charge on any atom is 0.243 e. The van der Waals surface area contributed by atoms with E-state index in [2.05, 4.69) is 17.6 Å². The summed E-state index contributed by atoms with van der Waals surface area (Å²) < 4.78 is 0. The quantitative estimate of drug-likeness (QED) is 0.667. The molecule has 0 heterocycles. The Morgan fingerprint density at radius 1 is 0.852 bits per heavy atom. The van der Waals surface area contributed by atoms with E-state index in [1.165, 1.54) is 5.56 Å². The number of amides is 2. The number of nitrogens with one attached hydrogen (secondary N) is 2. The minimum Gasteiger partial charge on any atom is -0.347 e. The molecule has 0 spiro atoms. The van der Waals surface area contributed by atoms with Crippen LogP contribution in [0.2, 0.25) is 0 Å². The molecule has 2 N–H and O–H groups in total. The van der Waals surface area contributed by atoms with Gasteiger partial charge in [-0.15, -0.1) is 0 Å². The summed E-state index contributed by atoms with van der Waals surface area (Å²) in [4.78, 5) is 24.3. The first-order chi connectivity index (χ1) is 13.2. The van der Waals surface area contributed by atoms with Gasteiger partial charge in [0.1, 0.15) is 0 Å². The zero-order chi connectivity index (χ0) is 19.1. The van der Waals surface area contributed by atoms with Crippen LogP contribution in [0.5, 0.6) is 0 Å². The molecule has 0 radical (unpaired) electrons. The normalized spacial score (nSPS) is 10.6. The molecule has 2 amide bonds. The highest BCUT2D eigenvalue weighted by Crippen LogP contribution is 2.18. The number of carbonyl (C=O) groups excluding carboxylic acids is 2. The SMILES string of the molecule is CCCc1ccc(NC(=O)CNC(=O)Cc2cccc3ccccc23)cc1. The minimum atomic E-state index is -0.232. The predicted octanol–water partition coefficient (Wildman–Crippen LogP) is 4.09. The van der Waals surface area contributed by atoms with Gasteiger partial charge in [0.2, 0.25) is 11.8 Å². The highest BCUT2D eigenvalue weighted by molar-refractivity contribution is 5.95. The van der Waals surface area contributed by atoms with Crippen molar-refractivity contribution in [1.29, 1.82) is 0 Å². The Labute approximate surface area is 159 Å². The third-order valence-corrected chi connectivity index (χ3v) is 4.45. The highest BCUT2D eigenvalue weighted by atomic mass is 16.2. The summed E-state index contributed by atoms with van der Waals surface area (Å²) in [6.07, 6.45) is 2.37. The largest absolute Gasteiger partial charge is 0.347 e. The molecular weight excluding hydrogens is 336 g/mol. The summed E-state index contributed by atoms with van der Waals surface area (Å²) in [5.41, 5.74) is 2.94. The smallest absolute Gasteiger partial charge is 0.243 e. The molecule has 138 valence electrons. The van der Waals surface area contributed by atoms with Gasteiger partial charge < -0.3 is 10.6 Å². The molecule has 0 bridgehead atoms. The fourth-order valence-corrected chi connectivity index (χ4v) is 3.11. The fraction of sp³-hybridized carbons (Fsp3) is 0.217. The zero-order valence-electron chi connectivity index (χ0n) is 15.5. The fourth-order valence-electron chi connectivity index (χ4n) is 3.11. The molecular formula is C23H24N2O2. The van der Waals surface area contributed by atoms with Crippen molar-refractivity contribution in [2.45, 2.75) is 26.2 Å². The van der Waals surface area contributed by atoms with Gasteiger partial charge in [-0.3, -0.25) is 9.59 Å². The Morgan fingerprint density at radius 3 is 2.37 bits per heavy atom. The van der Waals surface area contributed by atoms with Crippen LogP contribution in [0.4, 0.5) is 5.69 Å². The van der Waals surface area contributed by atoms with Crippen molar-refractivity contribution < 1.29 is 9.59 Å². The van der Waals surface area contributed by atoms with Crippen molar-refractivity contribution in [3.63, 3.8) is 0 Å². The van der Waals surface area contributed by atoms with Crippen LogP contribution in [0.15, 0.2) is 66.7 Å². The van der Waals surface area contributed by atoms with Gasteiger partial charge in [-0.2, -0.15) is 0 Å². The molecule has 3 rings (SSSR count). The second-order valence-electron chi connectivity index (χ2n) is 6.59. The van der Waals surface area contributed by atoms with Crippen LogP contribution in [0, 0.1) is 0 Å². The van der Waals surface area contributed by atoms with Crippen LogP contribution in [0.3, 0.4) is 0 Å². The zero-order valence-corrected chi connectivity index (χ0v) is 15.5. The molecule has 3 aromatic carbocycles. The second kappa shape index (κ2) is 8.99. The van der Waals surface area contributed by atoms with E-state index in [-0.39, 0.29) is 24.8 Å². The molecule has 0 fully saturated rings. The Morgan fingerprint density at radius 2 is 1.59 bits per heavy atom. The third-order valence-electron chi connectivity index (χ3n) is 4.45. The lowest BCUT2D eigenvalue weighted by Crippen LogP contribution is -2.33. The average Bonchev–Trinajstić information content (AvgIpc) is 2.68. The highest BCUT2D eigenvalue weighted by Gasteiger charge is 2.09. The molecule has 0 aliphatic carbocycles. The van der Waals surface area contributed by atoms with E-state index in [1.54, 1.807) is 0 Å². The van der Waals surface area contributed by atoms with Crippen molar-refractivity contribution in [3.05, 3.63) is 77.9 Å². The first-order valence-electron chi connectivity index (χ1n) is 9.28. The van der Waals surface area contributed by atoms with Crippen LogP contribution in [0.1, 0.15) is 24.5 Å². The number of anilines is 1. The molecule has 27 heavy (non-hydrogen) atoms. The molecule has 0 atom stereocenters. The lowest BCUT2D eigenvalue weighted by Gasteiger charge is -2.09. The van der Waals surface area contributed by atoms with E-state index in [9.17, 15) is 9.59 Å². The van der Waals surface area contributed by atoms with Gasteiger partial charge in [0, 0.05) is 5.69 Å². The Kier molecular flexibility index (Phi) is 6.21. The van der Waals surface area contributed by atoms with E-state index in [0.29, 0.717) is 0 Å². The molecule has 3 aromatic rings. The van der Waals surface area contributed by atoms with Gasteiger partial charge in [-0.05, 0) is 40.5 Å². The maximum atomic E-state index is 12.2. The van der Waals surface area contributed by atoms with E-state index < -0.39 is 0 Å². The van der Waals surface area contributed by atoms with Crippen molar-refractivity contribution in [1.82, 2.24) is 5.32 Å². The maximum absolute atomic E-state index is 12.2. The topological polar surface area (TPSA) is 58.2 Å². The summed E-state index contributed by atoms with van der Waals surface area (Å²) in [7, 11) is 0. The number of carbonyl (C=O) groups is 2. The van der Waals surface area contributed by atoms with Crippen LogP contribution >= 0.6 is 0 Å². The van der Waals surface area contributed by atoms with Crippen LogP contribution in [-0.4, -0.2) is 18.4 Å². The van der Waals surface area contributed by atoms with Crippen LogP contribution in [-0.2, 0) is 22.4 Å². The number of fused-ring (bicyclic) bond motifs is 1. The van der Waals surface area contributed by atoms with E-state index in [0.717, 1.165) is 34.9 Å². The van der Waals surface area contributed by atoms with Crippen molar-refractivity contribution in [2.75, 3.05) is 11.9 Å². The first-order valence-corrected chi connectivity index (χ1v) is 9.28. The van der Waals surface area contributed by atoms with Crippen molar-refractivity contribution >= 4 is 28.3 Å². The van der Waals surface area contributed by atoms with Crippen molar-refractivity contribution in [3.8, 4) is 0 Å². The summed E-state index contributed by atoms with van der Waals surface area (Å²) in [5, 5.41) is 7.67. The summed E-state index contributed by atoms with van der Waals surface area (Å²) in [6.45, 7) is 2.09. The minimum absolute atomic E-state index is 0.0414. The van der Waals surface area contributed by atoms with Gasteiger partial charge in [-0.25, -0.2) is 0 Å². The van der Waals surface area contributed by atoms with E-state index in [1.807, 2.05) is 66.7 Å². The Bertz CT molecular complexity index is 927. The first kappa shape index (κ1) is 18.6. The number of rotatable bonds is 7. The molecule has 0 aliphatic heterocycles.